The van der Waals surface area contributed by atoms with E-state index in [1.165, 1.54) is 5.56 Å². The van der Waals surface area contributed by atoms with Crippen molar-refractivity contribution in [2.75, 3.05) is 6.54 Å². The number of carbonyl (C=O) groups excluding carboxylic acids is 1. The van der Waals surface area contributed by atoms with Gasteiger partial charge in [-0.1, -0.05) is 60.7 Å². The molecule has 1 saturated heterocycles. The first-order valence-electron chi connectivity index (χ1n) is 8.86. The smallest absolute Gasteiger partial charge is 0.225 e. The summed E-state index contributed by atoms with van der Waals surface area (Å²) in [5, 5.41) is 0. The van der Waals surface area contributed by atoms with Gasteiger partial charge in [0, 0.05) is 24.9 Å². The van der Waals surface area contributed by atoms with Crippen molar-refractivity contribution in [3.8, 4) is 0 Å². The van der Waals surface area contributed by atoms with Gasteiger partial charge in [-0.25, -0.2) is 0 Å². The molecule has 1 saturated carbocycles. The molecule has 0 N–H and O–H groups in total. The molecule has 1 atom stereocenters. The number of nitrogens with zero attached hydrogens (tertiary/aromatic N) is 1. The van der Waals surface area contributed by atoms with Crippen LogP contribution in [0.1, 0.15) is 36.8 Å². The molecule has 2 aromatic rings. The number of amides is 1. The molecule has 0 bridgehead atoms. The first-order chi connectivity index (χ1) is 11.8. The Hall–Kier alpha value is -2.13. The van der Waals surface area contributed by atoms with Crippen LogP contribution in [0.15, 0.2) is 60.7 Å². The highest BCUT2D eigenvalue weighted by molar-refractivity contribution is 5.79. The zero-order valence-corrected chi connectivity index (χ0v) is 13.9. The van der Waals surface area contributed by atoms with Gasteiger partial charge in [0.2, 0.25) is 5.91 Å². The zero-order chi connectivity index (χ0) is 16.4. The van der Waals surface area contributed by atoms with E-state index in [2.05, 4.69) is 24.3 Å². The third-order valence-electron chi connectivity index (χ3n) is 4.91. The maximum absolute atomic E-state index is 12.6. The lowest BCUT2D eigenvalue weighted by atomic mass is 9.93. The predicted molar refractivity (Wildman–Crippen MR) is 93.3 cm³/mol. The SMILES string of the molecule is O=C1CCCN1[C@@](Cc1ccccc1)(OC1CC1)c1ccccc1. The molecular weight excluding hydrogens is 298 g/mol. The second kappa shape index (κ2) is 6.40. The van der Waals surface area contributed by atoms with Crippen molar-refractivity contribution < 1.29 is 9.53 Å². The molecule has 0 aromatic heterocycles. The minimum Gasteiger partial charge on any atom is -0.348 e. The summed E-state index contributed by atoms with van der Waals surface area (Å²) in [4.78, 5) is 14.6. The largest absolute Gasteiger partial charge is 0.348 e. The van der Waals surface area contributed by atoms with Crippen molar-refractivity contribution in [3.05, 3.63) is 71.8 Å². The standard InChI is InChI=1S/C21H23NO2/c23-20-12-7-15-22(20)21(24-19-13-14-19,18-10-5-2-6-11-18)16-17-8-3-1-4-9-17/h1-6,8-11,19H,7,12-16H2/t21-/m0/s1. The zero-order valence-electron chi connectivity index (χ0n) is 13.9. The highest BCUT2D eigenvalue weighted by Gasteiger charge is 2.47. The molecule has 124 valence electrons. The number of likely N-dealkylation sites (tertiary alicyclic amines) is 1. The van der Waals surface area contributed by atoms with Crippen LogP contribution < -0.4 is 0 Å². The van der Waals surface area contributed by atoms with Crippen LogP contribution >= 0.6 is 0 Å². The first-order valence-corrected chi connectivity index (χ1v) is 8.86. The minimum absolute atomic E-state index is 0.204. The van der Waals surface area contributed by atoms with Crippen molar-refractivity contribution >= 4 is 5.91 Å². The molecule has 0 radical (unpaired) electrons. The predicted octanol–water partition coefficient (Wildman–Crippen LogP) is 3.88. The highest BCUT2D eigenvalue weighted by atomic mass is 16.5. The van der Waals surface area contributed by atoms with Crippen LogP contribution in [0.4, 0.5) is 0 Å². The Morgan fingerprint density at radius 1 is 1.00 bits per heavy atom. The molecule has 3 heteroatoms. The van der Waals surface area contributed by atoms with E-state index in [0.29, 0.717) is 12.8 Å². The van der Waals surface area contributed by atoms with E-state index in [9.17, 15) is 4.79 Å². The third-order valence-corrected chi connectivity index (χ3v) is 4.91. The Labute approximate surface area is 143 Å². The van der Waals surface area contributed by atoms with E-state index >= 15 is 0 Å². The van der Waals surface area contributed by atoms with Gasteiger partial charge in [0.15, 0.2) is 5.72 Å². The van der Waals surface area contributed by atoms with Crippen molar-refractivity contribution in [1.82, 2.24) is 4.90 Å². The maximum Gasteiger partial charge on any atom is 0.225 e. The van der Waals surface area contributed by atoms with Gasteiger partial charge in [-0.15, -0.1) is 0 Å². The van der Waals surface area contributed by atoms with Gasteiger partial charge in [-0.3, -0.25) is 4.79 Å². The molecule has 2 fully saturated rings. The second-order valence-corrected chi connectivity index (χ2v) is 6.78. The van der Waals surface area contributed by atoms with Crippen LogP contribution in [-0.4, -0.2) is 23.5 Å². The maximum atomic E-state index is 12.6. The fourth-order valence-corrected chi connectivity index (χ4v) is 3.59. The van der Waals surface area contributed by atoms with Crippen LogP contribution in [0.5, 0.6) is 0 Å². The normalized spacial score (nSPS) is 20.2. The van der Waals surface area contributed by atoms with Gasteiger partial charge in [0.1, 0.15) is 0 Å². The van der Waals surface area contributed by atoms with Crippen LogP contribution in [0.2, 0.25) is 0 Å². The van der Waals surface area contributed by atoms with E-state index < -0.39 is 5.72 Å². The molecule has 24 heavy (non-hydrogen) atoms. The molecular formula is C21H23NO2. The number of hydrogen-bond acceptors (Lipinski definition) is 2. The Balaban J connectivity index is 1.79. The van der Waals surface area contributed by atoms with E-state index in [1.807, 2.05) is 41.3 Å². The van der Waals surface area contributed by atoms with Gasteiger partial charge in [0.25, 0.3) is 0 Å². The first kappa shape index (κ1) is 15.4. The molecule has 1 amide bonds. The number of hydrogen-bond donors (Lipinski definition) is 0. The van der Waals surface area contributed by atoms with Crippen LogP contribution in [0.25, 0.3) is 0 Å². The van der Waals surface area contributed by atoms with Crippen LogP contribution in [0, 0.1) is 0 Å². The van der Waals surface area contributed by atoms with E-state index in [0.717, 1.165) is 31.4 Å². The number of ether oxygens (including phenoxy) is 1. The van der Waals surface area contributed by atoms with Crippen molar-refractivity contribution in [2.24, 2.45) is 0 Å². The summed E-state index contributed by atoms with van der Waals surface area (Å²) in [5.41, 5.74) is 1.59. The van der Waals surface area contributed by atoms with Crippen molar-refractivity contribution in [3.63, 3.8) is 0 Å². The fourth-order valence-electron chi connectivity index (χ4n) is 3.59. The molecule has 0 unspecified atom stereocenters. The Kier molecular flexibility index (Phi) is 4.11. The van der Waals surface area contributed by atoms with Crippen LogP contribution in [-0.2, 0) is 21.7 Å². The molecule has 3 nitrogen and oxygen atoms in total. The van der Waals surface area contributed by atoms with Crippen LogP contribution in [0.3, 0.4) is 0 Å². The summed E-state index contributed by atoms with van der Waals surface area (Å²) in [6.45, 7) is 0.771. The molecule has 1 heterocycles. The molecule has 1 aliphatic carbocycles. The van der Waals surface area contributed by atoms with E-state index in [1.54, 1.807) is 0 Å². The molecule has 1 aliphatic heterocycles. The lowest BCUT2D eigenvalue weighted by molar-refractivity contribution is -0.180. The fraction of sp³-hybridized carbons (Fsp3) is 0.381. The lowest BCUT2D eigenvalue weighted by Gasteiger charge is -2.42. The number of carbonyl (C=O) groups is 1. The van der Waals surface area contributed by atoms with Gasteiger partial charge in [0.05, 0.1) is 6.10 Å². The monoisotopic (exact) mass is 321 g/mol. The van der Waals surface area contributed by atoms with Gasteiger partial charge < -0.3 is 9.64 Å². The number of rotatable bonds is 6. The van der Waals surface area contributed by atoms with E-state index in [4.69, 9.17) is 4.74 Å². The van der Waals surface area contributed by atoms with Crippen molar-refractivity contribution in [2.45, 2.75) is 43.9 Å². The topological polar surface area (TPSA) is 29.5 Å². The van der Waals surface area contributed by atoms with Crippen molar-refractivity contribution in [1.29, 1.82) is 0 Å². The molecule has 2 aliphatic rings. The van der Waals surface area contributed by atoms with E-state index in [-0.39, 0.29) is 12.0 Å². The average molecular weight is 321 g/mol. The lowest BCUT2D eigenvalue weighted by Crippen LogP contribution is -2.51. The number of benzene rings is 2. The summed E-state index contributed by atoms with van der Waals surface area (Å²) >= 11 is 0. The average Bonchev–Trinajstić information content (AvgIpc) is 3.33. The van der Waals surface area contributed by atoms with Gasteiger partial charge in [-0.2, -0.15) is 0 Å². The molecule has 2 aromatic carbocycles. The summed E-state index contributed by atoms with van der Waals surface area (Å²) in [5.74, 6) is 0.204. The Morgan fingerprint density at radius 2 is 1.67 bits per heavy atom. The summed E-state index contributed by atoms with van der Waals surface area (Å²) in [7, 11) is 0. The quantitative estimate of drug-likeness (QED) is 0.808. The van der Waals surface area contributed by atoms with Gasteiger partial charge in [-0.05, 0) is 24.8 Å². The third kappa shape index (κ3) is 2.96. The molecule has 4 rings (SSSR count). The summed E-state index contributed by atoms with van der Waals surface area (Å²) in [6.07, 6.45) is 4.67. The Morgan fingerprint density at radius 3 is 2.25 bits per heavy atom. The highest BCUT2D eigenvalue weighted by Crippen LogP contribution is 2.42. The van der Waals surface area contributed by atoms with Gasteiger partial charge >= 0.3 is 0 Å². The Bertz CT molecular complexity index is 696. The second-order valence-electron chi connectivity index (χ2n) is 6.78. The summed E-state index contributed by atoms with van der Waals surface area (Å²) < 4.78 is 6.60. The minimum atomic E-state index is -0.683. The molecule has 0 spiro atoms. The summed E-state index contributed by atoms with van der Waals surface area (Å²) in [6, 6.07) is 20.6.